The van der Waals surface area contributed by atoms with E-state index < -0.39 is 0 Å². The van der Waals surface area contributed by atoms with Gasteiger partial charge in [0.1, 0.15) is 5.75 Å². The van der Waals surface area contributed by atoms with Crippen molar-refractivity contribution in [3.05, 3.63) is 29.3 Å². The molecule has 108 valence electrons. The normalized spacial score (nSPS) is 14.5. The van der Waals surface area contributed by atoms with E-state index in [-0.39, 0.29) is 12.1 Å². The molecule has 3 heteroatoms. The van der Waals surface area contributed by atoms with Crippen molar-refractivity contribution in [2.75, 3.05) is 13.7 Å². The minimum atomic E-state index is -0.237. The van der Waals surface area contributed by atoms with Gasteiger partial charge < -0.3 is 15.2 Å². The molecule has 0 spiro atoms. The molecule has 0 heterocycles. The molecule has 2 atom stereocenters. The lowest BCUT2D eigenvalue weighted by molar-refractivity contribution is 0.115. The molecular formula is C16H27NO2. The van der Waals surface area contributed by atoms with E-state index in [0.29, 0.717) is 5.92 Å². The van der Waals surface area contributed by atoms with Crippen LogP contribution in [-0.4, -0.2) is 24.9 Å². The molecule has 0 fully saturated rings. The Bertz CT molecular complexity index is 390. The van der Waals surface area contributed by atoms with Crippen molar-refractivity contribution in [3.8, 4) is 5.75 Å². The Labute approximate surface area is 117 Å². The Hall–Kier alpha value is -1.06. The maximum Gasteiger partial charge on any atom is 0.123 e. The van der Waals surface area contributed by atoms with Gasteiger partial charge in [0.05, 0.1) is 13.2 Å². The minimum absolute atomic E-state index is 0.217. The standard InChI is InChI=1S/C16H27NO2/c1-11(2)15(18)8-9-17-13(4)14-10-12(3)6-7-16(14)19-5/h6-7,10-11,13,15,17-18H,8-9H2,1-5H3. The highest BCUT2D eigenvalue weighted by Gasteiger charge is 2.13. The molecule has 2 unspecified atom stereocenters. The number of aliphatic hydroxyl groups is 1. The zero-order chi connectivity index (χ0) is 14.4. The molecule has 1 aromatic rings. The first kappa shape index (κ1) is 16.0. The van der Waals surface area contributed by atoms with Crippen molar-refractivity contribution >= 4 is 0 Å². The Kier molecular flexibility index (Phi) is 6.32. The molecule has 0 aliphatic rings. The third-order valence-electron chi connectivity index (χ3n) is 3.51. The number of methoxy groups -OCH3 is 1. The SMILES string of the molecule is COc1ccc(C)cc1C(C)NCCC(O)C(C)C. The van der Waals surface area contributed by atoms with Crippen molar-refractivity contribution < 1.29 is 9.84 Å². The fourth-order valence-corrected chi connectivity index (χ4v) is 2.08. The topological polar surface area (TPSA) is 41.5 Å². The fourth-order valence-electron chi connectivity index (χ4n) is 2.08. The molecule has 0 aliphatic heterocycles. The van der Waals surface area contributed by atoms with Crippen LogP contribution in [0.4, 0.5) is 0 Å². The zero-order valence-corrected chi connectivity index (χ0v) is 12.7. The summed E-state index contributed by atoms with van der Waals surface area (Å²) in [5.41, 5.74) is 2.40. The first-order chi connectivity index (χ1) is 8.95. The predicted octanol–water partition coefficient (Wildman–Crippen LogP) is 3.06. The number of hydrogen-bond acceptors (Lipinski definition) is 3. The van der Waals surface area contributed by atoms with E-state index in [9.17, 15) is 5.11 Å². The highest BCUT2D eigenvalue weighted by molar-refractivity contribution is 5.38. The quantitative estimate of drug-likeness (QED) is 0.796. The summed E-state index contributed by atoms with van der Waals surface area (Å²) in [5, 5.41) is 13.2. The van der Waals surface area contributed by atoms with E-state index in [1.54, 1.807) is 7.11 Å². The van der Waals surface area contributed by atoms with E-state index in [4.69, 9.17) is 4.74 Å². The van der Waals surface area contributed by atoms with Gasteiger partial charge in [0.15, 0.2) is 0 Å². The Morgan fingerprint density at radius 2 is 1.95 bits per heavy atom. The van der Waals surface area contributed by atoms with E-state index in [2.05, 4.69) is 31.3 Å². The average Bonchev–Trinajstić information content (AvgIpc) is 2.38. The van der Waals surface area contributed by atoms with Crippen LogP contribution < -0.4 is 10.1 Å². The van der Waals surface area contributed by atoms with Crippen LogP contribution in [0.1, 0.15) is 44.4 Å². The van der Waals surface area contributed by atoms with Gasteiger partial charge in [-0.1, -0.05) is 31.5 Å². The van der Waals surface area contributed by atoms with Crippen LogP contribution in [0.5, 0.6) is 5.75 Å². The number of aryl methyl sites for hydroxylation is 1. The van der Waals surface area contributed by atoms with Gasteiger partial charge in [-0.2, -0.15) is 0 Å². The molecule has 1 rings (SSSR count). The molecule has 0 saturated carbocycles. The van der Waals surface area contributed by atoms with E-state index in [1.165, 1.54) is 11.1 Å². The van der Waals surface area contributed by atoms with Crippen molar-refractivity contribution in [2.24, 2.45) is 5.92 Å². The van der Waals surface area contributed by atoms with Crippen LogP contribution in [-0.2, 0) is 0 Å². The summed E-state index contributed by atoms with van der Waals surface area (Å²) in [4.78, 5) is 0. The number of aliphatic hydroxyl groups excluding tert-OH is 1. The average molecular weight is 265 g/mol. The predicted molar refractivity (Wildman–Crippen MR) is 79.6 cm³/mol. The van der Waals surface area contributed by atoms with Gasteiger partial charge in [0, 0.05) is 11.6 Å². The van der Waals surface area contributed by atoms with Crippen LogP contribution in [0, 0.1) is 12.8 Å². The summed E-state index contributed by atoms with van der Waals surface area (Å²) in [6.07, 6.45) is 0.537. The highest BCUT2D eigenvalue weighted by Crippen LogP contribution is 2.26. The molecule has 0 radical (unpaired) electrons. The molecule has 0 aliphatic carbocycles. The van der Waals surface area contributed by atoms with Gasteiger partial charge >= 0.3 is 0 Å². The largest absolute Gasteiger partial charge is 0.496 e. The first-order valence-corrected chi connectivity index (χ1v) is 7.01. The molecule has 0 saturated heterocycles. The van der Waals surface area contributed by atoms with E-state index in [0.717, 1.165) is 18.7 Å². The number of nitrogens with one attached hydrogen (secondary N) is 1. The second-order valence-corrected chi connectivity index (χ2v) is 5.52. The van der Waals surface area contributed by atoms with Gasteiger partial charge in [-0.15, -0.1) is 0 Å². The summed E-state index contributed by atoms with van der Waals surface area (Å²) < 4.78 is 5.40. The third-order valence-corrected chi connectivity index (χ3v) is 3.51. The molecule has 0 bridgehead atoms. The Morgan fingerprint density at radius 1 is 1.26 bits per heavy atom. The van der Waals surface area contributed by atoms with Gasteiger partial charge in [0.2, 0.25) is 0 Å². The second kappa shape index (κ2) is 7.51. The molecule has 3 nitrogen and oxygen atoms in total. The Morgan fingerprint density at radius 3 is 2.53 bits per heavy atom. The third kappa shape index (κ3) is 4.84. The zero-order valence-electron chi connectivity index (χ0n) is 12.7. The fraction of sp³-hybridized carbons (Fsp3) is 0.625. The van der Waals surface area contributed by atoms with E-state index >= 15 is 0 Å². The second-order valence-electron chi connectivity index (χ2n) is 5.52. The van der Waals surface area contributed by atoms with Gasteiger partial charge in [-0.05, 0) is 38.8 Å². The number of benzene rings is 1. The van der Waals surface area contributed by atoms with Crippen LogP contribution in [0.2, 0.25) is 0 Å². The number of ether oxygens (including phenoxy) is 1. The van der Waals surface area contributed by atoms with Crippen molar-refractivity contribution in [1.82, 2.24) is 5.32 Å². The maximum absolute atomic E-state index is 9.79. The smallest absolute Gasteiger partial charge is 0.123 e. The summed E-state index contributed by atoms with van der Waals surface area (Å²) >= 11 is 0. The van der Waals surface area contributed by atoms with Gasteiger partial charge in [0.25, 0.3) is 0 Å². The number of rotatable bonds is 7. The van der Waals surface area contributed by atoms with Crippen LogP contribution in [0.3, 0.4) is 0 Å². The molecule has 2 N–H and O–H groups in total. The van der Waals surface area contributed by atoms with Crippen LogP contribution in [0.15, 0.2) is 18.2 Å². The van der Waals surface area contributed by atoms with E-state index in [1.807, 2.05) is 19.9 Å². The molecule has 0 amide bonds. The van der Waals surface area contributed by atoms with Crippen LogP contribution >= 0.6 is 0 Å². The first-order valence-electron chi connectivity index (χ1n) is 7.01. The minimum Gasteiger partial charge on any atom is -0.496 e. The molecule has 19 heavy (non-hydrogen) atoms. The van der Waals surface area contributed by atoms with Gasteiger partial charge in [-0.25, -0.2) is 0 Å². The summed E-state index contributed by atoms with van der Waals surface area (Å²) in [6, 6.07) is 6.42. The maximum atomic E-state index is 9.79. The van der Waals surface area contributed by atoms with Gasteiger partial charge in [-0.3, -0.25) is 0 Å². The lowest BCUT2D eigenvalue weighted by atomic mass is 10.0. The number of hydrogen-bond donors (Lipinski definition) is 2. The van der Waals surface area contributed by atoms with Crippen molar-refractivity contribution in [3.63, 3.8) is 0 Å². The summed E-state index contributed by atoms with van der Waals surface area (Å²) in [5.74, 6) is 1.22. The van der Waals surface area contributed by atoms with Crippen molar-refractivity contribution in [1.29, 1.82) is 0 Å². The van der Waals surface area contributed by atoms with Crippen LogP contribution in [0.25, 0.3) is 0 Å². The molecular weight excluding hydrogens is 238 g/mol. The monoisotopic (exact) mass is 265 g/mol. The highest BCUT2D eigenvalue weighted by atomic mass is 16.5. The summed E-state index contributed by atoms with van der Waals surface area (Å²) in [6.45, 7) is 9.09. The van der Waals surface area contributed by atoms with Crippen molar-refractivity contribution in [2.45, 2.75) is 46.3 Å². The Balaban J connectivity index is 2.58. The molecule has 0 aromatic heterocycles. The lowest BCUT2D eigenvalue weighted by Crippen LogP contribution is -2.26. The summed E-state index contributed by atoms with van der Waals surface area (Å²) in [7, 11) is 1.70. The molecule has 1 aromatic carbocycles. The lowest BCUT2D eigenvalue weighted by Gasteiger charge is -2.20.